The Labute approximate surface area is 146 Å². The minimum absolute atomic E-state index is 0.107. The van der Waals surface area contributed by atoms with E-state index in [9.17, 15) is 4.79 Å². The normalized spacial score (nSPS) is 11.8. The van der Waals surface area contributed by atoms with E-state index in [2.05, 4.69) is 5.32 Å². The van der Waals surface area contributed by atoms with Crippen molar-refractivity contribution in [2.24, 2.45) is 0 Å². The Morgan fingerprint density at radius 2 is 1.91 bits per heavy atom. The zero-order chi connectivity index (χ0) is 16.7. The van der Waals surface area contributed by atoms with Crippen molar-refractivity contribution in [3.8, 4) is 5.75 Å². The molecule has 0 aliphatic carbocycles. The van der Waals surface area contributed by atoms with Gasteiger partial charge in [-0.05, 0) is 49.7 Å². The average molecular weight is 350 g/mol. The molecule has 0 heterocycles. The minimum atomic E-state index is -0.517. The van der Waals surface area contributed by atoms with Crippen LogP contribution in [0, 0.1) is 6.92 Å². The second kappa shape index (κ2) is 8.85. The molecule has 0 aliphatic rings. The van der Waals surface area contributed by atoms with Gasteiger partial charge in [0.1, 0.15) is 5.75 Å². The number of thioether (sulfide) groups is 1. The number of benzene rings is 2. The van der Waals surface area contributed by atoms with E-state index in [4.69, 9.17) is 16.3 Å². The molecule has 1 N–H and O–H groups in total. The summed E-state index contributed by atoms with van der Waals surface area (Å²) in [7, 11) is 0. The van der Waals surface area contributed by atoms with Crippen LogP contribution in [0.3, 0.4) is 0 Å². The van der Waals surface area contributed by atoms with E-state index < -0.39 is 6.10 Å². The second-order valence-corrected chi connectivity index (χ2v) is 6.72. The lowest BCUT2D eigenvalue weighted by Gasteiger charge is -2.16. The number of carbonyl (C=O) groups is 1. The Morgan fingerprint density at radius 1 is 1.22 bits per heavy atom. The number of aryl methyl sites for hydroxylation is 1. The molecule has 2 aromatic rings. The fourth-order valence-electron chi connectivity index (χ4n) is 1.95. The molecule has 0 spiro atoms. The zero-order valence-corrected chi connectivity index (χ0v) is 14.8. The van der Waals surface area contributed by atoms with Crippen LogP contribution in [0.4, 0.5) is 0 Å². The van der Waals surface area contributed by atoms with E-state index in [1.54, 1.807) is 18.7 Å². The minimum Gasteiger partial charge on any atom is -0.481 e. The second-order valence-electron chi connectivity index (χ2n) is 5.12. The van der Waals surface area contributed by atoms with Gasteiger partial charge in [0.25, 0.3) is 5.91 Å². The Bertz CT molecular complexity index is 646. The fourth-order valence-corrected chi connectivity index (χ4v) is 2.84. The predicted molar refractivity (Wildman–Crippen MR) is 96.5 cm³/mol. The first-order chi connectivity index (χ1) is 11.1. The van der Waals surface area contributed by atoms with E-state index >= 15 is 0 Å². The van der Waals surface area contributed by atoms with Gasteiger partial charge in [-0.3, -0.25) is 4.79 Å². The number of carbonyl (C=O) groups excluding carboxylic acids is 1. The van der Waals surface area contributed by atoms with Gasteiger partial charge < -0.3 is 10.1 Å². The molecule has 2 aromatic carbocycles. The molecule has 122 valence electrons. The molecule has 0 aromatic heterocycles. The van der Waals surface area contributed by atoms with Crippen LogP contribution in [0.5, 0.6) is 5.75 Å². The molecule has 1 amide bonds. The monoisotopic (exact) mass is 349 g/mol. The maximum absolute atomic E-state index is 12.1. The van der Waals surface area contributed by atoms with Crippen molar-refractivity contribution in [2.75, 3.05) is 12.3 Å². The van der Waals surface area contributed by atoms with Gasteiger partial charge in [-0.2, -0.15) is 0 Å². The molecular weight excluding hydrogens is 330 g/mol. The number of halogens is 1. The number of ether oxygens (including phenoxy) is 1. The van der Waals surface area contributed by atoms with Crippen LogP contribution in [-0.4, -0.2) is 24.3 Å². The van der Waals surface area contributed by atoms with Crippen molar-refractivity contribution >= 4 is 29.3 Å². The molecule has 0 saturated carbocycles. The third-order valence-electron chi connectivity index (χ3n) is 3.25. The molecule has 2 rings (SSSR count). The first kappa shape index (κ1) is 17.7. The van der Waals surface area contributed by atoms with Gasteiger partial charge >= 0.3 is 0 Å². The van der Waals surface area contributed by atoms with Crippen molar-refractivity contribution in [3.63, 3.8) is 0 Å². The third kappa shape index (κ3) is 5.81. The van der Waals surface area contributed by atoms with Gasteiger partial charge in [0.15, 0.2) is 6.10 Å². The molecule has 5 heteroatoms. The highest BCUT2D eigenvalue weighted by molar-refractivity contribution is 7.99. The summed E-state index contributed by atoms with van der Waals surface area (Å²) in [6, 6.07) is 15.3. The molecule has 0 unspecified atom stereocenters. The summed E-state index contributed by atoms with van der Waals surface area (Å²) in [5.74, 6) is 1.43. The van der Waals surface area contributed by atoms with Crippen molar-refractivity contribution < 1.29 is 9.53 Å². The molecule has 0 radical (unpaired) electrons. The molecule has 3 nitrogen and oxygen atoms in total. The van der Waals surface area contributed by atoms with E-state index in [1.165, 1.54) is 0 Å². The van der Waals surface area contributed by atoms with Crippen LogP contribution in [-0.2, 0) is 4.79 Å². The van der Waals surface area contributed by atoms with Gasteiger partial charge in [0, 0.05) is 22.2 Å². The fraction of sp³-hybridized carbons (Fsp3) is 0.278. The van der Waals surface area contributed by atoms with E-state index in [0.29, 0.717) is 6.54 Å². The Kier molecular flexibility index (Phi) is 6.81. The number of hydrogen-bond donors (Lipinski definition) is 1. The standard InChI is InChI=1S/C18H20ClNO2S/c1-13-5-3-4-6-17(13)22-14(2)18(21)20-11-12-23-16-9-7-15(19)8-10-16/h3-10,14H,11-12H2,1-2H3,(H,20,21)/t14-/m1/s1. The van der Waals surface area contributed by atoms with Crippen molar-refractivity contribution in [1.82, 2.24) is 5.32 Å². The predicted octanol–water partition coefficient (Wildman–Crippen LogP) is 4.32. The summed E-state index contributed by atoms with van der Waals surface area (Å²) in [4.78, 5) is 13.2. The van der Waals surface area contributed by atoms with E-state index in [-0.39, 0.29) is 5.91 Å². The molecule has 1 atom stereocenters. The average Bonchev–Trinajstić information content (AvgIpc) is 2.55. The summed E-state index contributed by atoms with van der Waals surface area (Å²) in [6.07, 6.45) is -0.517. The van der Waals surface area contributed by atoms with Gasteiger partial charge in [-0.25, -0.2) is 0 Å². The zero-order valence-electron chi connectivity index (χ0n) is 13.2. The molecule has 0 bridgehead atoms. The number of rotatable bonds is 7. The summed E-state index contributed by atoms with van der Waals surface area (Å²) in [6.45, 7) is 4.31. The lowest BCUT2D eigenvalue weighted by Crippen LogP contribution is -2.37. The number of hydrogen-bond acceptors (Lipinski definition) is 3. The molecule has 23 heavy (non-hydrogen) atoms. The van der Waals surface area contributed by atoms with Crippen LogP contribution in [0.2, 0.25) is 5.02 Å². The van der Waals surface area contributed by atoms with Crippen molar-refractivity contribution in [3.05, 3.63) is 59.1 Å². The molecular formula is C18H20ClNO2S. The Balaban J connectivity index is 1.72. The highest BCUT2D eigenvalue weighted by Gasteiger charge is 2.14. The SMILES string of the molecule is Cc1ccccc1O[C@H](C)C(=O)NCCSc1ccc(Cl)cc1. The van der Waals surface area contributed by atoms with E-state index in [0.717, 1.165) is 27.0 Å². The van der Waals surface area contributed by atoms with Crippen LogP contribution in [0.15, 0.2) is 53.4 Å². The van der Waals surface area contributed by atoms with Crippen molar-refractivity contribution in [2.45, 2.75) is 24.8 Å². The maximum atomic E-state index is 12.1. The Morgan fingerprint density at radius 3 is 2.61 bits per heavy atom. The van der Waals surface area contributed by atoms with Gasteiger partial charge in [-0.15, -0.1) is 11.8 Å². The summed E-state index contributed by atoms with van der Waals surface area (Å²) in [5.41, 5.74) is 1.02. The Hall–Kier alpha value is -1.65. The van der Waals surface area contributed by atoms with Crippen LogP contribution in [0.1, 0.15) is 12.5 Å². The molecule has 0 aliphatic heterocycles. The molecule has 0 saturated heterocycles. The van der Waals surface area contributed by atoms with Gasteiger partial charge in [0.05, 0.1) is 0 Å². The topological polar surface area (TPSA) is 38.3 Å². The highest BCUT2D eigenvalue weighted by atomic mass is 35.5. The van der Waals surface area contributed by atoms with Crippen LogP contribution < -0.4 is 10.1 Å². The highest BCUT2D eigenvalue weighted by Crippen LogP contribution is 2.20. The van der Waals surface area contributed by atoms with Crippen LogP contribution >= 0.6 is 23.4 Å². The number of nitrogens with one attached hydrogen (secondary N) is 1. The lowest BCUT2D eigenvalue weighted by atomic mass is 10.2. The lowest BCUT2D eigenvalue weighted by molar-refractivity contribution is -0.127. The van der Waals surface area contributed by atoms with E-state index in [1.807, 2.05) is 55.5 Å². The number of amides is 1. The summed E-state index contributed by atoms with van der Waals surface area (Å²) >= 11 is 7.52. The maximum Gasteiger partial charge on any atom is 0.260 e. The largest absolute Gasteiger partial charge is 0.481 e. The number of para-hydroxylation sites is 1. The smallest absolute Gasteiger partial charge is 0.260 e. The quantitative estimate of drug-likeness (QED) is 0.597. The van der Waals surface area contributed by atoms with Gasteiger partial charge in [-0.1, -0.05) is 29.8 Å². The first-order valence-corrected chi connectivity index (χ1v) is 8.81. The third-order valence-corrected chi connectivity index (χ3v) is 4.52. The van der Waals surface area contributed by atoms with Gasteiger partial charge in [0.2, 0.25) is 0 Å². The molecule has 0 fully saturated rings. The van der Waals surface area contributed by atoms with Crippen molar-refractivity contribution in [1.29, 1.82) is 0 Å². The van der Waals surface area contributed by atoms with Crippen LogP contribution in [0.25, 0.3) is 0 Å². The first-order valence-electron chi connectivity index (χ1n) is 7.44. The summed E-state index contributed by atoms with van der Waals surface area (Å²) < 4.78 is 5.70. The summed E-state index contributed by atoms with van der Waals surface area (Å²) in [5, 5.41) is 3.62.